The normalized spacial score (nSPS) is 9.67. The van der Waals surface area contributed by atoms with Crippen molar-refractivity contribution >= 4 is 12.4 Å². The first-order chi connectivity index (χ1) is 8.24. The van der Waals surface area contributed by atoms with Gasteiger partial charge in [0.25, 0.3) is 0 Å². The van der Waals surface area contributed by atoms with E-state index in [0.717, 1.165) is 30.3 Å². The summed E-state index contributed by atoms with van der Waals surface area (Å²) in [6.07, 6.45) is 6.38. The molecular formula is C15H22ClNO. The number of halogens is 1. The van der Waals surface area contributed by atoms with Crippen molar-refractivity contribution in [3.05, 3.63) is 29.8 Å². The van der Waals surface area contributed by atoms with Gasteiger partial charge in [0.2, 0.25) is 0 Å². The van der Waals surface area contributed by atoms with E-state index in [0.29, 0.717) is 6.61 Å². The van der Waals surface area contributed by atoms with Gasteiger partial charge in [0.05, 0.1) is 0 Å². The Morgan fingerprint density at radius 3 is 2.72 bits per heavy atom. The third-order valence-electron chi connectivity index (χ3n) is 2.50. The van der Waals surface area contributed by atoms with Gasteiger partial charge >= 0.3 is 0 Å². The smallest absolute Gasteiger partial charge is 0.148 e. The van der Waals surface area contributed by atoms with E-state index in [1.54, 1.807) is 0 Å². The summed E-state index contributed by atoms with van der Waals surface area (Å²) in [7, 11) is 0. The number of hydrogen-bond acceptors (Lipinski definition) is 2. The molecule has 0 saturated carbocycles. The van der Waals surface area contributed by atoms with Crippen LogP contribution in [-0.2, 0) is 6.54 Å². The van der Waals surface area contributed by atoms with E-state index >= 15 is 0 Å². The van der Waals surface area contributed by atoms with E-state index in [2.05, 4.69) is 31.2 Å². The molecule has 0 fully saturated rings. The van der Waals surface area contributed by atoms with Gasteiger partial charge < -0.3 is 10.1 Å². The van der Waals surface area contributed by atoms with Crippen LogP contribution >= 0.6 is 12.4 Å². The van der Waals surface area contributed by atoms with Crippen molar-refractivity contribution in [2.45, 2.75) is 26.8 Å². The minimum absolute atomic E-state index is 0. The maximum atomic E-state index is 5.49. The summed E-state index contributed by atoms with van der Waals surface area (Å²) in [6, 6.07) is 8.00. The number of terminal acetylenes is 1. The van der Waals surface area contributed by atoms with Crippen LogP contribution in [0.2, 0.25) is 0 Å². The summed E-state index contributed by atoms with van der Waals surface area (Å²) < 4.78 is 5.49. The Bertz CT molecular complexity index is 371. The summed E-state index contributed by atoms with van der Waals surface area (Å²) in [4.78, 5) is 0. The second-order valence-electron chi connectivity index (χ2n) is 4.46. The minimum Gasteiger partial charge on any atom is -0.481 e. The molecule has 0 radical (unpaired) electrons. The van der Waals surface area contributed by atoms with Gasteiger partial charge in [-0.1, -0.05) is 38.0 Å². The van der Waals surface area contributed by atoms with Crippen LogP contribution in [0.25, 0.3) is 0 Å². The Kier molecular flexibility index (Phi) is 9.18. The lowest BCUT2D eigenvalue weighted by Gasteiger charge is -2.11. The highest BCUT2D eigenvalue weighted by Gasteiger charge is 2.02. The summed E-state index contributed by atoms with van der Waals surface area (Å²) in [5, 5.41) is 3.42. The Balaban J connectivity index is 0.00000289. The molecule has 0 heterocycles. The molecule has 100 valence electrons. The zero-order valence-corrected chi connectivity index (χ0v) is 11.9. The second-order valence-corrected chi connectivity index (χ2v) is 4.46. The largest absolute Gasteiger partial charge is 0.481 e. The standard InChI is InChI=1S/C15H21NO.ClH/c1-4-11-17-15-8-6-5-7-14(15)12-16-10-9-13(2)3;/h1,5-8,13,16H,9-12H2,2-3H3;1H. The lowest BCUT2D eigenvalue weighted by molar-refractivity contribution is 0.364. The van der Waals surface area contributed by atoms with Crippen molar-refractivity contribution < 1.29 is 4.74 Å². The molecule has 1 rings (SSSR count). The van der Waals surface area contributed by atoms with E-state index in [-0.39, 0.29) is 12.4 Å². The van der Waals surface area contributed by atoms with Gasteiger partial charge in [-0.05, 0) is 24.9 Å². The van der Waals surface area contributed by atoms with Gasteiger partial charge in [-0.2, -0.15) is 0 Å². The number of ether oxygens (including phenoxy) is 1. The predicted molar refractivity (Wildman–Crippen MR) is 79.2 cm³/mol. The Morgan fingerprint density at radius 2 is 2.06 bits per heavy atom. The molecule has 0 atom stereocenters. The lowest BCUT2D eigenvalue weighted by atomic mass is 10.1. The number of hydrogen-bond donors (Lipinski definition) is 1. The molecule has 18 heavy (non-hydrogen) atoms. The van der Waals surface area contributed by atoms with Gasteiger partial charge in [-0.15, -0.1) is 18.8 Å². The van der Waals surface area contributed by atoms with Crippen LogP contribution in [0.1, 0.15) is 25.8 Å². The van der Waals surface area contributed by atoms with Crippen molar-refractivity contribution in [2.75, 3.05) is 13.2 Å². The number of rotatable bonds is 7. The highest BCUT2D eigenvalue weighted by atomic mass is 35.5. The van der Waals surface area contributed by atoms with Crippen LogP contribution in [0.4, 0.5) is 0 Å². The number of benzene rings is 1. The first-order valence-corrected chi connectivity index (χ1v) is 6.09. The van der Waals surface area contributed by atoms with E-state index in [4.69, 9.17) is 11.2 Å². The van der Waals surface area contributed by atoms with Crippen LogP contribution < -0.4 is 10.1 Å². The third-order valence-corrected chi connectivity index (χ3v) is 2.50. The van der Waals surface area contributed by atoms with Gasteiger partial charge in [-0.3, -0.25) is 0 Å². The van der Waals surface area contributed by atoms with E-state index in [9.17, 15) is 0 Å². The van der Waals surface area contributed by atoms with Crippen molar-refractivity contribution in [3.8, 4) is 18.1 Å². The molecule has 0 amide bonds. The topological polar surface area (TPSA) is 21.3 Å². The Morgan fingerprint density at radius 1 is 1.33 bits per heavy atom. The zero-order chi connectivity index (χ0) is 12.5. The average Bonchev–Trinajstić information content (AvgIpc) is 2.33. The summed E-state index contributed by atoms with van der Waals surface area (Å²) in [5.41, 5.74) is 1.16. The maximum Gasteiger partial charge on any atom is 0.148 e. The average molecular weight is 268 g/mol. The molecule has 1 N–H and O–H groups in total. The molecule has 0 aliphatic heterocycles. The molecular weight excluding hydrogens is 246 g/mol. The number of nitrogens with one attached hydrogen (secondary N) is 1. The molecule has 3 heteroatoms. The van der Waals surface area contributed by atoms with Crippen LogP contribution in [0.5, 0.6) is 5.75 Å². The SMILES string of the molecule is C#CCOc1ccccc1CNCCC(C)C.Cl. The minimum atomic E-state index is 0. The molecule has 0 aliphatic rings. The summed E-state index contributed by atoms with van der Waals surface area (Å²) >= 11 is 0. The van der Waals surface area contributed by atoms with E-state index in [1.165, 1.54) is 6.42 Å². The summed E-state index contributed by atoms with van der Waals surface area (Å²) in [5.74, 6) is 4.09. The molecule has 0 spiro atoms. The molecule has 1 aromatic rings. The quantitative estimate of drug-likeness (QED) is 0.605. The first-order valence-electron chi connectivity index (χ1n) is 6.09. The third kappa shape index (κ3) is 6.54. The fraction of sp³-hybridized carbons (Fsp3) is 0.467. The summed E-state index contributed by atoms with van der Waals surface area (Å²) in [6.45, 7) is 6.63. The van der Waals surface area contributed by atoms with Gasteiger partial charge in [-0.25, -0.2) is 0 Å². The Labute approximate surface area is 117 Å². The van der Waals surface area contributed by atoms with Gasteiger partial charge in [0.1, 0.15) is 12.4 Å². The van der Waals surface area contributed by atoms with E-state index < -0.39 is 0 Å². The molecule has 2 nitrogen and oxygen atoms in total. The fourth-order valence-corrected chi connectivity index (χ4v) is 1.52. The van der Waals surface area contributed by atoms with Crippen molar-refractivity contribution in [1.29, 1.82) is 0 Å². The monoisotopic (exact) mass is 267 g/mol. The fourth-order valence-electron chi connectivity index (χ4n) is 1.52. The van der Waals surface area contributed by atoms with Gasteiger partial charge in [0, 0.05) is 12.1 Å². The molecule has 0 saturated heterocycles. The van der Waals surface area contributed by atoms with Crippen LogP contribution in [0, 0.1) is 18.3 Å². The second kappa shape index (κ2) is 9.82. The first kappa shape index (κ1) is 16.8. The van der Waals surface area contributed by atoms with Crippen LogP contribution in [0.3, 0.4) is 0 Å². The highest BCUT2D eigenvalue weighted by Crippen LogP contribution is 2.17. The lowest BCUT2D eigenvalue weighted by Crippen LogP contribution is -2.16. The molecule has 1 aromatic carbocycles. The van der Waals surface area contributed by atoms with Crippen LogP contribution in [0.15, 0.2) is 24.3 Å². The van der Waals surface area contributed by atoms with Crippen LogP contribution in [-0.4, -0.2) is 13.2 Å². The van der Waals surface area contributed by atoms with Crippen molar-refractivity contribution in [2.24, 2.45) is 5.92 Å². The maximum absolute atomic E-state index is 5.49. The zero-order valence-electron chi connectivity index (χ0n) is 11.1. The van der Waals surface area contributed by atoms with E-state index in [1.807, 2.05) is 18.2 Å². The number of para-hydroxylation sites is 1. The van der Waals surface area contributed by atoms with Crippen molar-refractivity contribution in [1.82, 2.24) is 5.32 Å². The highest BCUT2D eigenvalue weighted by molar-refractivity contribution is 5.85. The van der Waals surface area contributed by atoms with Gasteiger partial charge in [0.15, 0.2) is 0 Å². The predicted octanol–water partition coefficient (Wildman–Crippen LogP) is 3.26. The molecule has 0 bridgehead atoms. The molecule has 0 unspecified atom stereocenters. The van der Waals surface area contributed by atoms with Crippen molar-refractivity contribution in [3.63, 3.8) is 0 Å². The molecule has 0 aromatic heterocycles. The molecule has 0 aliphatic carbocycles. The Hall–Kier alpha value is -1.17.